The summed E-state index contributed by atoms with van der Waals surface area (Å²) in [5.41, 5.74) is -0.538. The van der Waals surface area contributed by atoms with E-state index in [-0.39, 0.29) is 44.2 Å². The number of aromatic nitrogens is 1. The second-order valence-corrected chi connectivity index (χ2v) is 11.9. The Morgan fingerprint density at radius 3 is 2.38 bits per heavy atom. The molecule has 3 rings (SSSR count). The zero-order valence-corrected chi connectivity index (χ0v) is 21.6. The normalized spacial score (nSPS) is 14.4. The molecule has 0 N–H and O–H groups in total. The van der Waals surface area contributed by atoms with Crippen LogP contribution in [0.1, 0.15) is 43.6 Å². The molecule has 34 heavy (non-hydrogen) atoms. The van der Waals surface area contributed by atoms with E-state index in [2.05, 4.69) is 9.35 Å². The van der Waals surface area contributed by atoms with Crippen LogP contribution in [0.15, 0.2) is 46.6 Å². The maximum absolute atomic E-state index is 14.1. The lowest BCUT2D eigenvalue weighted by molar-refractivity contribution is -0.0927. The Labute approximate surface area is 209 Å². The number of carbonyl (C=O) groups excluding carboxylic acids is 1. The van der Waals surface area contributed by atoms with E-state index in [1.165, 1.54) is 23.3 Å². The molecule has 1 aromatic heterocycles. The molecule has 0 aliphatic carbocycles. The van der Waals surface area contributed by atoms with E-state index in [1.54, 1.807) is 19.1 Å². The molecule has 5 nitrogen and oxygen atoms in total. The molecule has 1 aliphatic heterocycles. The quantitative estimate of drug-likeness (QED) is 0.410. The summed E-state index contributed by atoms with van der Waals surface area (Å²) in [5, 5.41) is 2.83. The summed E-state index contributed by atoms with van der Waals surface area (Å²) in [7, 11) is -0.626. The lowest BCUT2D eigenvalue weighted by atomic mass is 10.1. The van der Waals surface area contributed by atoms with Gasteiger partial charge >= 0.3 is 6.18 Å². The third-order valence-corrected chi connectivity index (χ3v) is 7.88. The van der Waals surface area contributed by atoms with Crippen LogP contribution in [0.25, 0.3) is 0 Å². The minimum atomic E-state index is -4.69. The molecule has 11 heteroatoms. The van der Waals surface area contributed by atoms with Crippen LogP contribution < -0.4 is 10.0 Å². The first-order valence-electron chi connectivity index (χ1n) is 10.6. The van der Waals surface area contributed by atoms with Gasteiger partial charge in [0, 0.05) is 21.7 Å². The van der Waals surface area contributed by atoms with Gasteiger partial charge in [0.15, 0.2) is 5.82 Å². The van der Waals surface area contributed by atoms with Crippen molar-refractivity contribution in [3.05, 3.63) is 63.4 Å². The van der Waals surface area contributed by atoms with E-state index in [0.717, 1.165) is 11.1 Å². The van der Waals surface area contributed by atoms with E-state index < -0.39 is 28.5 Å². The SMILES string of the molecule is Cc1cc(Cl)cc(C(=O)N=S(C(C)C)C(C)C)c1N1C(C(F)(F)F)=CCN1c1ncccc1Cl. The van der Waals surface area contributed by atoms with E-state index in [1.807, 2.05) is 27.7 Å². The van der Waals surface area contributed by atoms with Crippen molar-refractivity contribution >= 4 is 51.3 Å². The van der Waals surface area contributed by atoms with Crippen LogP contribution >= 0.6 is 23.2 Å². The van der Waals surface area contributed by atoms with Crippen LogP contribution in [-0.2, 0) is 10.7 Å². The van der Waals surface area contributed by atoms with Gasteiger partial charge in [-0.25, -0.2) is 9.99 Å². The maximum atomic E-state index is 14.1. The summed E-state index contributed by atoms with van der Waals surface area (Å²) < 4.78 is 46.8. The van der Waals surface area contributed by atoms with Gasteiger partial charge in [0.2, 0.25) is 0 Å². The zero-order valence-electron chi connectivity index (χ0n) is 19.3. The minimum absolute atomic E-state index is 0.0158. The summed E-state index contributed by atoms with van der Waals surface area (Å²) in [6.07, 6.45) is -2.21. The number of anilines is 2. The third-order valence-electron chi connectivity index (χ3n) is 5.06. The summed E-state index contributed by atoms with van der Waals surface area (Å²) in [5.74, 6) is -0.486. The Hall–Kier alpha value is -2.10. The first-order valence-corrected chi connectivity index (χ1v) is 12.6. The number of rotatable bonds is 5. The second kappa shape index (κ2) is 10.3. The molecule has 1 aliphatic rings. The highest BCUT2D eigenvalue weighted by molar-refractivity contribution is 7.88. The molecule has 184 valence electrons. The molecule has 0 fully saturated rings. The van der Waals surface area contributed by atoms with Crippen molar-refractivity contribution in [2.24, 2.45) is 4.36 Å². The van der Waals surface area contributed by atoms with Crippen molar-refractivity contribution in [3.63, 3.8) is 0 Å². The highest BCUT2D eigenvalue weighted by atomic mass is 35.5. The predicted octanol–water partition coefficient (Wildman–Crippen LogP) is 7.14. The topological polar surface area (TPSA) is 48.8 Å². The van der Waals surface area contributed by atoms with Gasteiger partial charge in [0.05, 0.1) is 22.8 Å². The van der Waals surface area contributed by atoms with Gasteiger partial charge in [0.1, 0.15) is 5.70 Å². The lowest BCUT2D eigenvalue weighted by Gasteiger charge is -2.36. The van der Waals surface area contributed by atoms with Gasteiger partial charge in [-0.2, -0.15) is 17.5 Å². The Morgan fingerprint density at radius 1 is 1.18 bits per heavy atom. The van der Waals surface area contributed by atoms with E-state index >= 15 is 0 Å². The van der Waals surface area contributed by atoms with Crippen molar-refractivity contribution in [2.45, 2.75) is 51.3 Å². The molecular formula is C23H25Cl2F3N4OS. The van der Waals surface area contributed by atoms with Crippen LogP contribution in [0.2, 0.25) is 10.0 Å². The molecule has 0 spiro atoms. The molecule has 0 saturated carbocycles. The van der Waals surface area contributed by atoms with E-state index in [9.17, 15) is 18.0 Å². The van der Waals surface area contributed by atoms with Gasteiger partial charge < -0.3 is 0 Å². The average Bonchev–Trinajstić information content (AvgIpc) is 3.16. The number of carbonyl (C=O) groups is 1. The predicted molar refractivity (Wildman–Crippen MR) is 134 cm³/mol. The number of alkyl halides is 3. The van der Waals surface area contributed by atoms with Gasteiger partial charge in [-0.15, -0.1) is 0 Å². The maximum Gasteiger partial charge on any atom is 0.433 e. The highest BCUT2D eigenvalue weighted by Gasteiger charge is 2.45. The summed E-state index contributed by atoms with van der Waals surface area (Å²) in [4.78, 5) is 17.6. The molecule has 1 amide bonds. The van der Waals surface area contributed by atoms with Gasteiger partial charge in [-0.1, -0.05) is 61.6 Å². The van der Waals surface area contributed by atoms with E-state index in [0.29, 0.717) is 5.56 Å². The first-order chi connectivity index (χ1) is 15.8. The van der Waals surface area contributed by atoms with Crippen LogP contribution in [0.5, 0.6) is 0 Å². The van der Waals surface area contributed by atoms with Crippen molar-refractivity contribution < 1.29 is 18.0 Å². The summed E-state index contributed by atoms with van der Waals surface area (Å²) >= 11 is 12.5. The highest BCUT2D eigenvalue weighted by Crippen LogP contribution is 2.43. The number of nitrogens with zero attached hydrogens (tertiary/aromatic N) is 4. The number of benzene rings is 1. The summed E-state index contributed by atoms with van der Waals surface area (Å²) in [6.45, 7) is 9.30. The Morgan fingerprint density at radius 2 is 1.82 bits per heavy atom. The summed E-state index contributed by atoms with van der Waals surface area (Å²) in [6, 6.07) is 6.01. The molecule has 0 radical (unpaired) electrons. The van der Waals surface area contributed by atoms with E-state index in [4.69, 9.17) is 23.2 Å². The van der Waals surface area contributed by atoms with Gasteiger partial charge in [0.25, 0.3) is 5.91 Å². The largest absolute Gasteiger partial charge is 0.433 e. The Balaban J connectivity index is 2.26. The number of hydrogen-bond acceptors (Lipinski definition) is 4. The minimum Gasteiger partial charge on any atom is -0.266 e. The average molecular weight is 533 g/mol. The molecule has 0 bridgehead atoms. The van der Waals surface area contributed by atoms with Gasteiger partial charge in [-0.05, 0) is 42.8 Å². The molecule has 0 unspecified atom stereocenters. The number of pyridine rings is 1. The monoisotopic (exact) mass is 532 g/mol. The lowest BCUT2D eigenvalue weighted by Crippen LogP contribution is -2.43. The van der Waals surface area contributed by atoms with Crippen molar-refractivity contribution in [1.29, 1.82) is 0 Å². The van der Waals surface area contributed by atoms with Crippen molar-refractivity contribution in [3.8, 4) is 0 Å². The van der Waals surface area contributed by atoms with Crippen LogP contribution in [0.4, 0.5) is 24.7 Å². The van der Waals surface area contributed by atoms with Gasteiger partial charge in [-0.3, -0.25) is 9.80 Å². The molecular weight excluding hydrogens is 508 g/mol. The molecule has 2 heterocycles. The number of hydrogen-bond donors (Lipinski definition) is 0. The second-order valence-electron chi connectivity index (χ2n) is 8.25. The fourth-order valence-electron chi connectivity index (χ4n) is 3.78. The molecule has 0 atom stereocenters. The third kappa shape index (κ3) is 5.42. The van der Waals surface area contributed by atoms with Crippen LogP contribution in [0, 0.1) is 6.92 Å². The standard InChI is InChI=1S/C23H25Cl2F3N4OS/c1-13(2)34(14(3)4)30-22(33)17-12-16(24)11-15(5)20(17)32-19(23(26,27)28)8-10-31(32)21-18(25)7-6-9-29-21/h6-9,11-14H,10H2,1-5H3. The molecule has 0 saturated heterocycles. The van der Waals surface area contributed by atoms with Crippen molar-refractivity contribution in [1.82, 2.24) is 4.98 Å². The van der Waals surface area contributed by atoms with Crippen molar-refractivity contribution in [2.75, 3.05) is 16.6 Å². The fourth-order valence-corrected chi connectivity index (χ4v) is 6.07. The number of amides is 1. The molecule has 2 aromatic rings. The smallest absolute Gasteiger partial charge is 0.266 e. The van der Waals surface area contributed by atoms with Crippen LogP contribution in [-0.4, -0.2) is 34.1 Å². The Bertz CT molecular complexity index is 1160. The number of allylic oxidation sites excluding steroid dienone is 1. The number of aryl methyl sites for hydroxylation is 1. The fraction of sp³-hybridized carbons (Fsp3) is 0.391. The zero-order chi connectivity index (χ0) is 25.4. The van der Waals surface area contributed by atoms with Crippen LogP contribution in [0.3, 0.4) is 0 Å². The number of hydrazine groups is 1. The number of halogens is 5. The Kier molecular flexibility index (Phi) is 7.99. The molecule has 1 aromatic carbocycles. The first kappa shape index (κ1) is 26.5.